The number of amides is 2. The Hall–Kier alpha value is -3.02. The van der Waals surface area contributed by atoms with E-state index in [1.807, 2.05) is 23.1 Å². The number of ether oxygens (including phenoxy) is 2. The van der Waals surface area contributed by atoms with Crippen molar-refractivity contribution in [2.24, 2.45) is 0 Å². The summed E-state index contributed by atoms with van der Waals surface area (Å²) in [6.07, 6.45) is 2.70. The zero-order valence-corrected chi connectivity index (χ0v) is 17.7. The Kier molecular flexibility index (Phi) is 5.66. The summed E-state index contributed by atoms with van der Waals surface area (Å²) in [5.74, 6) is 0.383. The molecule has 30 heavy (non-hydrogen) atoms. The first-order valence-corrected chi connectivity index (χ1v) is 10.5. The summed E-state index contributed by atoms with van der Waals surface area (Å²) in [7, 11) is 3.11. The molecular weight excluding hydrogens is 380 g/mol. The van der Waals surface area contributed by atoms with Gasteiger partial charge in [-0.2, -0.15) is 0 Å². The minimum atomic E-state index is -0.504. The second-order valence-electron chi connectivity index (χ2n) is 7.81. The molecule has 0 fully saturated rings. The van der Waals surface area contributed by atoms with Crippen LogP contribution in [0, 0.1) is 0 Å². The van der Waals surface area contributed by atoms with Gasteiger partial charge in [0.15, 0.2) is 11.5 Å². The second kappa shape index (κ2) is 8.38. The van der Waals surface area contributed by atoms with Crippen molar-refractivity contribution in [2.75, 3.05) is 27.3 Å². The molecule has 2 heterocycles. The fraction of sp³-hybridized carbons (Fsp3) is 0.417. The van der Waals surface area contributed by atoms with Gasteiger partial charge in [-0.3, -0.25) is 9.59 Å². The average Bonchev–Trinajstić information content (AvgIpc) is 2.78. The number of rotatable bonds is 6. The molecule has 0 bridgehead atoms. The normalized spacial score (nSPS) is 19.4. The Balaban J connectivity index is 1.87. The van der Waals surface area contributed by atoms with E-state index in [9.17, 15) is 9.59 Å². The molecular formula is C24H28N2O4. The second-order valence-corrected chi connectivity index (χ2v) is 7.81. The van der Waals surface area contributed by atoms with E-state index in [0.717, 1.165) is 24.8 Å². The van der Waals surface area contributed by atoms with Gasteiger partial charge in [0.1, 0.15) is 0 Å². The highest BCUT2D eigenvalue weighted by molar-refractivity contribution is 6.02. The topological polar surface area (TPSA) is 67.9 Å². The minimum absolute atomic E-state index is 0.0591. The molecule has 2 aliphatic heterocycles. The predicted molar refractivity (Wildman–Crippen MR) is 114 cm³/mol. The SMILES string of the molecule is CCCCNC(=O)[C@H]1c2cc(OC)c(OC)cc2C(=O)N2CCc3ccccc3[C@H]12. The molecule has 6 heteroatoms. The number of hydrogen-bond acceptors (Lipinski definition) is 4. The number of fused-ring (bicyclic) bond motifs is 4. The first-order chi connectivity index (χ1) is 14.6. The summed E-state index contributed by atoms with van der Waals surface area (Å²) in [5.41, 5.74) is 3.46. The summed E-state index contributed by atoms with van der Waals surface area (Å²) >= 11 is 0. The van der Waals surface area contributed by atoms with Gasteiger partial charge >= 0.3 is 0 Å². The molecule has 2 aliphatic rings. The Morgan fingerprint density at radius 1 is 1.13 bits per heavy atom. The minimum Gasteiger partial charge on any atom is -0.493 e. The first-order valence-electron chi connectivity index (χ1n) is 10.5. The highest BCUT2D eigenvalue weighted by Crippen LogP contribution is 2.48. The third-order valence-electron chi connectivity index (χ3n) is 6.14. The van der Waals surface area contributed by atoms with Crippen molar-refractivity contribution in [1.82, 2.24) is 10.2 Å². The van der Waals surface area contributed by atoms with Crippen LogP contribution in [0.5, 0.6) is 11.5 Å². The van der Waals surface area contributed by atoms with Crippen molar-refractivity contribution in [1.29, 1.82) is 0 Å². The van der Waals surface area contributed by atoms with E-state index in [0.29, 0.717) is 35.7 Å². The van der Waals surface area contributed by atoms with Crippen molar-refractivity contribution >= 4 is 11.8 Å². The maximum atomic E-state index is 13.5. The third-order valence-corrected chi connectivity index (χ3v) is 6.14. The Morgan fingerprint density at radius 2 is 1.87 bits per heavy atom. The number of methoxy groups -OCH3 is 2. The molecule has 4 rings (SSSR count). The lowest BCUT2D eigenvalue weighted by atomic mass is 9.75. The van der Waals surface area contributed by atoms with Crippen LogP contribution < -0.4 is 14.8 Å². The maximum absolute atomic E-state index is 13.5. The molecule has 6 nitrogen and oxygen atoms in total. The predicted octanol–water partition coefficient (Wildman–Crippen LogP) is 3.46. The van der Waals surface area contributed by atoms with Gasteiger partial charge in [-0.05, 0) is 41.7 Å². The molecule has 2 amide bonds. The summed E-state index contributed by atoms with van der Waals surface area (Å²) in [6.45, 7) is 3.31. The Bertz CT molecular complexity index is 972. The standard InChI is InChI=1S/C24H28N2O4/c1-4-5-11-25-23(27)21-17-13-19(29-2)20(30-3)14-18(17)24(28)26-12-10-15-8-6-7-9-16(15)22(21)26/h6-9,13-14,21-22H,4-5,10-12H2,1-3H3,(H,25,27)/t21-,22+/m0/s1. The van der Waals surface area contributed by atoms with Gasteiger partial charge < -0.3 is 19.7 Å². The van der Waals surface area contributed by atoms with E-state index < -0.39 is 5.92 Å². The summed E-state index contributed by atoms with van der Waals surface area (Å²) in [5, 5.41) is 3.09. The van der Waals surface area contributed by atoms with E-state index in [2.05, 4.69) is 18.3 Å². The van der Waals surface area contributed by atoms with Crippen molar-refractivity contribution in [3.8, 4) is 11.5 Å². The molecule has 1 N–H and O–H groups in total. The van der Waals surface area contributed by atoms with E-state index in [1.54, 1.807) is 26.4 Å². The fourth-order valence-corrected chi connectivity index (χ4v) is 4.63. The number of unbranched alkanes of at least 4 members (excludes halogenated alkanes) is 1. The van der Waals surface area contributed by atoms with E-state index in [4.69, 9.17) is 9.47 Å². The van der Waals surface area contributed by atoms with Crippen LogP contribution >= 0.6 is 0 Å². The summed E-state index contributed by atoms with van der Waals surface area (Å²) in [4.78, 5) is 28.7. The molecule has 2 atom stereocenters. The molecule has 2 aromatic carbocycles. The largest absolute Gasteiger partial charge is 0.493 e. The van der Waals surface area contributed by atoms with Crippen molar-refractivity contribution < 1.29 is 19.1 Å². The Morgan fingerprint density at radius 3 is 2.60 bits per heavy atom. The molecule has 158 valence electrons. The number of benzene rings is 2. The van der Waals surface area contributed by atoms with Crippen LogP contribution in [-0.2, 0) is 11.2 Å². The van der Waals surface area contributed by atoms with Gasteiger partial charge in [0.05, 0.1) is 26.2 Å². The number of carbonyl (C=O) groups is 2. The number of hydrogen-bond donors (Lipinski definition) is 1. The van der Waals surface area contributed by atoms with Gasteiger partial charge in [0, 0.05) is 18.7 Å². The van der Waals surface area contributed by atoms with Crippen LogP contribution in [0.15, 0.2) is 36.4 Å². The number of nitrogens with zero attached hydrogens (tertiary/aromatic N) is 1. The van der Waals surface area contributed by atoms with Crippen molar-refractivity contribution in [3.63, 3.8) is 0 Å². The monoisotopic (exact) mass is 408 g/mol. The number of carbonyl (C=O) groups excluding carboxylic acids is 2. The zero-order chi connectivity index (χ0) is 21.3. The van der Waals surface area contributed by atoms with Crippen molar-refractivity contribution in [3.05, 3.63) is 58.7 Å². The molecule has 0 spiro atoms. The van der Waals surface area contributed by atoms with Crippen LogP contribution in [0.4, 0.5) is 0 Å². The third kappa shape index (κ3) is 3.30. The fourth-order valence-electron chi connectivity index (χ4n) is 4.63. The lowest BCUT2D eigenvalue weighted by molar-refractivity contribution is -0.124. The molecule has 0 unspecified atom stereocenters. The zero-order valence-electron chi connectivity index (χ0n) is 17.7. The molecule has 2 aromatic rings. The number of nitrogens with one attached hydrogen (secondary N) is 1. The Labute approximate surface area is 177 Å². The highest BCUT2D eigenvalue weighted by Gasteiger charge is 2.46. The molecule has 0 aromatic heterocycles. The van der Waals surface area contributed by atoms with Crippen LogP contribution in [0.3, 0.4) is 0 Å². The quantitative estimate of drug-likeness (QED) is 0.744. The van der Waals surface area contributed by atoms with Gasteiger partial charge in [-0.1, -0.05) is 37.6 Å². The van der Waals surface area contributed by atoms with E-state index in [1.165, 1.54) is 5.56 Å². The maximum Gasteiger partial charge on any atom is 0.254 e. The van der Waals surface area contributed by atoms with E-state index >= 15 is 0 Å². The molecule has 0 saturated carbocycles. The molecule has 0 radical (unpaired) electrons. The van der Waals surface area contributed by atoms with Crippen LogP contribution in [0.2, 0.25) is 0 Å². The van der Waals surface area contributed by atoms with Crippen LogP contribution in [-0.4, -0.2) is 44.0 Å². The summed E-state index contributed by atoms with van der Waals surface area (Å²) in [6, 6.07) is 11.3. The molecule has 0 aliphatic carbocycles. The lowest BCUT2D eigenvalue weighted by Crippen LogP contribution is -2.50. The van der Waals surface area contributed by atoms with Gasteiger partial charge in [-0.15, -0.1) is 0 Å². The van der Waals surface area contributed by atoms with Gasteiger partial charge in [0.2, 0.25) is 5.91 Å². The molecule has 0 saturated heterocycles. The van der Waals surface area contributed by atoms with Crippen molar-refractivity contribution in [2.45, 2.75) is 38.1 Å². The smallest absolute Gasteiger partial charge is 0.254 e. The van der Waals surface area contributed by atoms with Gasteiger partial charge in [0.25, 0.3) is 5.91 Å². The van der Waals surface area contributed by atoms with Crippen LogP contribution in [0.25, 0.3) is 0 Å². The van der Waals surface area contributed by atoms with Gasteiger partial charge in [-0.25, -0.2) is 0 Å². The average molecular weight is 408 g/mol. The summed E-state index contributed by atoms with van der Waals surface area (Å²) < 4.78 is 10.9. The highest BCUT2D eigenvalue weighted by atomic mass is 16.5. The lowest BCUT2D eigenvalue weighted by Gasteiger charge is -2.45. The van der Waals surface area contributed by atoms with E-state index in [-0.39, 0.29) is 17.9 Å². The van der Waals surface area contributed by atoms with Crippen LogP contribution in [0.1, 0.15) is 58.8 Å². The first kappa shape index (κ1) is 20.3.